The standard InChI is InChI=1S/C12H16BrNO4S/c13-11-4-3-9(7-15)6-12(11)19(16,17)14-10-2-1-5-18-8-10/h3-4,6,10,14-15H,1-2,5,7-8H2. The highest BCUT2D eigenvalue weighted by molar-refractivity contribution is 9.10. The van der Waals surface area contributed by atoms with Gasteiger partial charge in [-0.05, 0) is 46.5 Å². The van der Waals surface area contributed by atoms with Gasteiger partial charge in [0.2, 0.25) is 10.0 Å². The lowest BCUT2D eigenvalue weighted by molar-refractivity contribution is 0.0774. The maximum absolute atomic E-state index is 12.3. The molecule has 5 nitrogen and oxygen atoms in total. The Balaban J connectivity index is 2.23. The van der Waals surface area contributed by atoms with Gasteiger partial charge < -0.3 is 9.84 Å². The average Bonchev–Trinajstić information content (AvgIpc) is 2.39. The van der Waals surface area contributed by atoms with Gasteiger partial charge in [0.05, 0.1) is 18.1 Å². The smallest absolute Gasteiger partial charge is 0.242 e. The maximum Gasteiger partial charge on any atom is 0.242 e. The molecule has 19 heavy (non-hydrogen) atoms. The minimum Gasteiger partial charge on any atom is -0.392 e. The minimum absolute atomic E-state index is 0.143. The van der Waals surface area contributed by atoms with Crippen molar-refractivity contribution in [1.29, 1.82) is 0 Å². The zero-order chi connectivity index (χ0) is 13.9. The molecule has 7 heteroatoms. The summed E-state index contributed by atoms with van der Waals surface area (Å²) < 4.78 is 33.0. The Morgan fingerprint density at radius 1 is 1.47 bits per heavy atom. The molecular weight excluding hydrogens is 334 g/mol. The summed E-state index contributed by atoms with van der Waals surface area (Å²) in [5, 5.41) is 9.09. The summed E-state index contributed by atoms with van der Waals surface area (Å²) in [4.78, 5) is 0.143. The van der Waals surface area contributed by atoms with Gasteiger partial charge >= 0.3 is 0 Å². The van der Waals surface area contributed by atoms with E-state index in [9.17, 15) is 8.42 Å². The molecule has 0 aliphatic carbocycles. The summed E-state index contributed by atoms with van der Waals surface area (Å²) >= 11 is 3.23. The summed E-state index contributed by atoms with van der Waals surface area (Å²) in [6, 6.07) is 4.57. The lowest BCUT2D eigenvalue weighted by Crippen LogP contribution is -2.40. The van der Waals surface area contributed by atoms with Crippen molar-refractivity contribution in [2.75, 3.05) is 13.2 Å². The van der Waals surface area contributed by atoms with Crippen LogP contribution in [0.3, 0.4) is 0 Å². The van der Waals surface area contributed by atoms with Crippen molar-refractivity contribution in [3.8, 4) is 0 Å². The fourth-order valence-corrected chi connectivity index (χ4v) is 4.24. The second kappa shape index (κ2) is 6.32. The predicted molar refractivity (Wildman–Crippen MR) is 74.2 cm³/mol. The summed E-state index contributed by atoms with van der Waals surface area (Å²) in [5.74, 6) is 0. The van der Waals surface area contributed by atoms with Gasteiger partial charge in [-0.25, -0.2) is 13.1 Å². The van der Waals surface area contributed by atoms with Crippen LogP contribution < -0.4 is 4.72 Å². The molecular formula is C12H16BrNO4S. The van der Waals surface area contributed by atoms with Gasteiger partial charge in [0, 0.05) is 17.1 Å². The maximum atomic E-state index is 12.3. The van der Waals surface area contributed by atoms with E-state index in [0.29, 0.717) is 23.2 Å². The van der Waals surface area contributed by atoms with Crippen LogP contribution in [0.15, 0.2) is 27.6 Å². The van der Waals surface area contributed by atoms with E-state index in [4.69, 9.17) is 9.84 Å². The van der Waals surface area contributed by atoms with Crippen molar-refractivity contribution in [1.82, 2.24) is 4.72 Å². The first-order valence-corrected chi connectivity index (χ1v) is 8.30. The molecule has 1 aliphatic rings. The van der Waals surface area contributed by atoms with Crippen LogP contribution in [0.2, 0.25) is 0 Å². The highest BCUT2D eigenvalue weighted by Gasteiger charge is 2.24. The van der Waals surface area contributed by atoms with Crippen molar-refractivity contribution < 1.29 is 18.3 Å². The molecule has 1 unspecified atom stereocenters. The molecule has 0 aromatic heterocycles. The molecule has 0 bridgehead atoms. The van der Waals surface area contributed by atoms with Crippen molar-refractivity contribution in [3.05, 3.63) is 28.2 Å². The third-order valence-corrected chi connectivity index (χ3v) is 5.46. The number of rotatable bonds is 4. The molecule has 106 valence electrons. The topological polar surface area (TPSA) is 75.6 Å². The zero-order valence-electron chi connectivity index (χ0n) is 10.3. The number of benzene rings is 1. The van der Waals surface area contributed by atoms with Gasteiger partial charge in [0.15, 0.2) is 0 Å². The van der Waals surface area contributed by atoms with E-state index in [1.54, 1.807) is 12.1 Å². The van der Waals surface area contributed by atoms with E-state index in [1.807, 2.05) is 0 Å². The third-order valence-electron chi connectivity index (χ3n) is 2.95. The van der Waals surface area contributed by atoms with Crippen molar-refractivity contribution in [2.45, 2.75) is 30.4 Å². The van der Waals surface area contributed by atoms with E-state index in [-0.39, 0.29) is 17.5 Å². The zero-order valence-corrected chi connectivity index (χ0v) is 12.7. The molecule has 1 fully saturated rings. The summed E-state index contributed by atoms with van der Waals surface area (Å²) in [6.07, 6.45) is 1.63. The number of aliphatic hydroxyl groups is 1. The van der Waals surface area contributed by atoms with Crippen LogP contribution >= 0.6 is 15.9 Å². The van der Waals surface area contributed by atoms with Crippen LogP contribution in [0.25, 0.3) is 0 Å². The summed E-state index contributed by atoms with van der Waals surface area (Å²) in [6.45, 7) is 0.890. The van der Waals surface area contributed by atoms with Gasteiger partial charge in [0.1, 0.15) is 0 Å². The Morgan fingerprint density at radius 3 is 2.89 bits per heavy atom. The van der Waals surface area contributed by atoms with Gasteiger partial charge in [-0.2, -0.15) is 0 Å². The Labute approximate surface area is 121 Å². The molecule has 1 atom stereocenters. The fourth-order valence-electron chi connectivity index (χ4n) is 1.97. The van der Waals surface area contributed by atoms with Crippen LogP contribution in [0.5, 0.6) is 0 Å². The second-order valence-electron chi connectivity index (χ2n) is 4.46. The first kappa shape index (κ1) is 14.9. The number of ether oxygens (including phenoxy) is 1. The first-order valence-electron chi connectivity index (χ1n) is 6.02. The number of halogens is 1. The number of nitrogens with one attached hydrogen (secondary N) is 1. The van der Waals surface area contributed by atoms with Crippen LogP contribution in [0.1, 0.15) is 18.4 Å². The van der Waals surface area contributed by atoms with Crippen molar-refractivity contribution in [2.24, 2.45) is 0 Å². The lowest BCUT2D eigenvalue weighted by atomic mass is 10.1. The molecule has 0 amide bonds. The molecule has 1 saturated heterocycles. The highest BCUT2D eigenvalue weighted by Crippen LogP contribution is 2.24. The molecule has 0 saturated carbocycles. The normalized spacial score (nSPS) is 20.4. The van der Waals surface area contributed by atoms with E-state index in [2.05, 4.69) is 20.7 Å². The van der Waals surface area contributed by atoms with E-state index < -0.39 is 10.0 Å². The molecule has 2 N–H and O–H groups in total. The van der Waals surface area contributed by atoms with Gasteiger partial charge in [-0.3, -0.25) is 0 Å². The molecule has 0 spiro atoms. The Bertz CT molecular complexity index is 541. The second-order valence-corrected chi connectivity index (χ2v) is 6.99. The Morgan fingerprint density at radius 2 is 2.26 bits per heavy atom. The van der Waals surface area contributed by atoms with Gasteiger partial charge in [-0.15, -0.1) is 0 Å². The van der Waals surface area contributed by atoms with Crippen LogP contribution in [-0.4, -0.2) is 32.8 Å². The highest BCUT2D eigenvalue weighted by atomic mass is 79.9. The van der Waals surface area contributed by atoms with Crippen molar-refractivity contribution in [3.63, 3.8) is 0 Å². The SMILES string of the molecule is O=S(=O)(NC1CCCOC1)c1cc(CO)ccc1Br. The Hall–Kier alpha value is -0.470. The number of hydrogen-bond acceptors (Lipinski definition) is 4. The van der Waals surface area contributed by atoms with Crippen molar-refractivity contribution >= 4 is 26.0 Å². The number of aliphatic hydroxyl groups excluding tert-OH is 1. The molecule has 0 radical (unpaired) electrons. The monoisotopic (exact) mass is 349 g/mol. The van der Waals surface area contributed by atoms with Gasteiger partial charge in [0.25, 0.3) is 0 Å². The van der Waals surface area contributed by atoms with E-state index in [1.165, 1.54) is 6.07 Å². The summed E-state index contributed by atoms with van der Waals surface area (Å²) in [7, 11) is -3.61. The molecule has 2 rings (SSSR count). The van der Waals surface area contributed by atoms with Gasteiger partial charge in [-0.1, -0.05) is 6.07 Å². The third kappa shape index (κ3) is 3.76. The minimum atomic E-state index is -3.61. The van der Waals surface area contributed by atoms with Crippen LogP contribution in [0, 0.1) is 0 Å². The number of hydrogen-bond donors (Lipinski definition) is 2. The molecule has 1 heterocycles. The van der Waals surface area contributed by atoms with Crippen LogP contribution in [-0.2, 0) is 21.4 Å². The quantitative estimate of drug-likeness (QED) is 0.861. The van der Waals surface area contributed by atoms with E-state index in [0.717, 1.165) is 12.8 Å². The average molecular weight is 350 g/mol. The van der Waals surface area contributed by atoms with Crippen LogP contribution in [0.4, 0.5) is 0 Å². The number of sulfonamides is 1. The predicted octanol–water partition coefficient (Wildman–Crippen LogP) is 1.40. The molecule has 1 aromatic carbocycles. The fraction of sp³-hybridized carbons (Fsp3) is 0.500. The lowest BCUT2D eigenvalue weighted by Gasteiger charge is -2.23. The first-order chi connectivity index (χ1) is 9.03. The van der Waals surface area contributed by atoms with E-state index >= 15 is 0 Å². The Kier molecular flexibility index (Phi) is 4.97. The largest absolute Gasteiger partial charge is 0.392 e. The molecule has 1 aromatic rings. The molecule has 1 aliphatic heterocycles. The summed E-state index contributed by atoms with van der Waals surface area (Å²) in [5.41, 5.74) is 0.559.